The molecule has 4 aromatic rings. The van der Waals surface area contributed by atoms with Gasteiger partial charge in [-0.2, -0.15) is 0 Å². The molecule has 1 amide bonds. The van der Waals surface area contributed by atoms with Crippen LogP contribution >= 0.6 is 11.8 Å². The zero-order valence-corrected chi connectivity index (χ0v) is 15.6. The lowest BCUT2D eigenvalue weighted by Gasteiger charge is -2.12. The Morgan fingerprint density at radius 3 is 2.56 bits per heavy atom. The van der Waals surface area contributed by atoms with Gasteiger partial charge in [-0.1, -0.05) is 42.1 Å². The minimum Gasteiger partial charge on any atom is -0.325 e. The van der Waals surface area contributed by atoms with Gasteiger partial charge in [-0.05, 0) is 31.2 Å². The Bertz CT molecular complexity index is 1200. The molecule has 27 heavy (non-hydrogen) atoms. The van der Waals surface area contributed by atoms with Crippen molar-refractivity contribution in [1.29, 1.82) is 0 Å². The Labute approximate surface area is 159 Å². The van der Waals surface area contributed by atoms with Gasteiger partial charge in [0.05, 0.1) is 16.2 Å². The Balaban J connectivity index is 1.70. The number of hydrogen-bond acceptors (Lipinski definition) is 5. The van der Waals surface area contributed by atoms with Crippen LogP contribution in [0, 0.1) is 0 Å². The van der Waals surface area contributed by atoms with Crippen LogP contribution in [-0.4, -0.2) is 30.3 Å². The number of rotatable bonds is 4. The predicted octanol–water partition coefficient (Wildman–Crippen LogP) is 2.70. The minimum atomic E-state index is -0.395. The highest BCUT2D eigenvalue weighted by molar-refractivity contribution is 8.00. The number of amides is 1. The van der Waals surface area contributed by atoms with Crippen LogP contribution in [0.2, 0.25) is 0 Å². The number of aromatic nitrogens is 4. The van der Waals surface area contributed by atoms with Crippen molar-refractivity contribution in [2.45, 2.75) is 17.3 Å². The van der Waals surface area contributed by atoms with Gasteiger partial charge >= 0.3 is 0 Å². The largest absolute Gasteiger partial charge is 0.325 e. The normalized spacial score (nSPS) is 12.4. The van der Waals surface area contributed by atoms with Crippen LogP contribution in [0.1, 0.15) is 6.92 Å². The SMILES string of the molecule is CC(Sc1nnc2n(C)c(=O)c3ccccc3n12)C(=O)Nc1ccccc1. The van der Waals surface area contributed by atoms with E-state index >= 15 is 0 Å². The number of para-hydroxylation sites is 2. The standard InChI is InChI=1S/C19H17N5O2S/c1-12(16(25)20-13-8-4-3-5-9-13)27-19-22-21-18-23(2)17(26)14-10-6-7-11-15(14)24(18)19/h3-12H,1-2H3,(H,20,25). The Kier molecular flexibility index (Phi) is 4.41. The molecule has 0 aliphatic carbocycles. The average molecular weight is 379 g/mol. The molecule has 1 N–H and O–H groups in total. The van der Waals surface area contributed by atoms with Crippen LogP contribution in [0.15, 0.2) is 64.5 Å². The molecule has 0 saturated heterocycles. The van der Waals surface area contributed by atoms with E-state index in [1.165, 1.54) is 16.3 Å². The molecule has 7 nitrogen and oxygen atoms in total. The van der Waals surface area contributed by atoms with E-state index in [2.05, 4.69) is 15.5 Å². The molecular formula is C19H17N5O2S. The first-order valence-corrected chi connectivity index (χ1v) is 9.29. The first kappa shape index (κ1) is 17.3. The molecule has 0 saturated carbocycles. The van der Waals surface area contributed by atoms with E-state index < -0.39 is 5.25 Å². The number of aryl methyl sites for hydroxylation is 1. The van der Waals surface area contributed by atoms with Crippen molar-refractivity contribution in [3.8, 4) is 0 Å². The smallest absolute Gasteiger partial charge is 0.262 e. The molecule has 136 valence electrons. The summed E-state index contributed by atoms with van der Waals surface area (Å²) < 4.78 is 3.28. The first-order valence-electron chi connectivity index (χ1n) is 8.41. The average Bonchev–Trinajstić information content (AvgIpc) is 3.10. The number of fused-ring (bicyclic) bond motifs is 3. The van der Waals surface area contributed by atoms with Gasteiger partial charge in [0.25, 0.3) is 5.56 Å². The second-order valence-electron chi connectivity index (χ2n) is 6.11. The summed E-state index contributed by atoms with van der Waals surface area (Å²) in [6, 6.07) is 16.6. The number of benzene rings is 2. The fourth-order valence-corrected chi connectivity index (χ4v) is 3.72. The van der Waals surface area contributed by atoms with E-state index in [1.54, 1.807) is 13.1 Å². The fourth-order valence-electron chi connectivity index (χ4n) is 2.86. The number of carbonyl (C=O) groups excluding carboxylic acids is 1. The minimum absolute atomic E-state index is 0.128. The maximum atomic E-state index is 12.5. The monoisotopic (exact) mass is 379 g/mol. The van der Waals surface area contributed by atoms with Gasteiger partial charge in [-0.3, -0.25) is 18.6 Å². The number of hydrogen-bond donors (Lipinski definition) is 1. The number of anilines is 1. The van der Waals surface area contributed by atoms with Crippen LogP contribution in [0.3, 0.4) is 0 Å². The maximum absolute atomic E-state index is 12.5. The number of nitrogens with one attached hydrogen (secondary N) is 1. The molecule has 8 heteroatoms. The zero-order valence-electron chi connectivity index (χ0n) is 14.8. The van der Waals surface area contributed by atoms with E-state index in [9.17, 15) is 9.59 Å². The van der Waals surface area contributed by atoms with E-state index in [0.717, 1.165) is 11.2 Å². The van der Waals surface area contributed by atoms with E-state index in [0.29, 0.717) is 16.3 Å². The van der Waals surface area contributed by atoms with Crippen molar-refractivity contribution in [3.05, 3.63) is 65.0 Å². The van der Waals surface area contributed by atoms with Gasteiger partial charge in [-0.25, -0.2) is 0 Å². The summed E-state index contributed by atoms with van der Waals surface area (Å²) in [6.45, 7) is 1.81. The summed E-state index contributed by atoms with van der Waals surface area (Å²) in [5, 5.41) is 12.0. The van der Waals surface area contributed by atoms with E-state index in [4.69, 9.17) is 0 Å². The molecule has 2 heterocycles. The molecule has 0 aliphatic rings. The predicted molar refractivity (Wildman–Crippen MR) is 106 cm³/mol. The molecule has 0 fully saturated rings. The summed E-state index contributed by atoms with van der Waals surface area (Å²) >= 11 is 1.30. The summed E-state index contributed by atoms with van der Waals surface area (Å²) in [4.78, 5) is 25.0. The van der Waals surface area contributed by atoms with Gasteiger partial charge in [0, 0.05) is 12.7 Å². The molecule has 4 rings (SSSR count). The van der Waals surface area contributed by atoms with Crippen molar-refractivity contribution in [2.24, 2.45) is 7.05 Å². The van der Waals surface area contributed by atoms with Crippen LogP contribution in [0.5, 0.6) is 0 Å². The topological polar surface area (TPSA) is 81.3 Å². The van der Waals surface area contributed by atoms with E-state index in [1.807, 2.05) is 59.9 Å². The quantitative estimate of drug-likeness (QED) is 0.552. The summed E-state index contributed by atoms with van der Waals surface area (Å²) in [7, 11) is 1.67. The van der Waals surface area contributed by atoms with Crippen molar-refractivity contribution >= 4 is 40.0 Å². The first-order chi connectivity index (χ1) is 13.1. The van der Waals surface area contributed by atoms with Crippen molar-refractivity contribution < 1.29 is 4.79 Å². The third-order valence-electron chi connectivity index (χ3n) is 4.29. The molecule has 2 aromatic heterocycles. The van der Waals surface area contributed by atoms with Crippen LogP contribution in [0.25, 0.3) is 16.7 Å². The van der Waals surface area contributed by atoms with Crippen LogP contribution in [0.4, 0.5) is 5.69 Å². The lowest BCUT2D eigenvalue weighted by molar-refractivity contribution is -0.115. The van der Waals surface area contributed by atoms with Crippen LogP contribution in [-0.2, 0) is 11.8 Å². The maximum Gasteiger partial charge on any atom is 0.262 e. The second kappa shape index (κ2) is 6.88. The number of carbonyl (C=O) groups is 1. The summed E-state index contributed by atoms with van der Waals surface area (Å²) in [5.41, 5.74) is 1.34. The number of thioether (sulfide) groups is 1. The Morgan fingerprint density at radius 1 is 1.07 bits per heavy atom. The lowest BCUT2D eigenvalue weighted by Crippen LogP contribution is -2.23. The summed E-state index contributed by atoms with van der Waals surface area (Å²) in [5.74, 6) is 0.314. The highest BCUT2D eigenvalue weighted by atomic mass is 32.2. The van der Waals surface area contributed by atoms with Crippen molar-refractivity contribution in [2.75, 3.05) is 5.32 Å². The zero-order chi connectivity index (χ0) is 19.0. The van der Waals surface area contributed by atoms with Gasteiger partial charge in [0.1, 0.15) is 0 Å². The molecule has 0 radical (unpaired) electrons. The molecule has 1 unspecified atom stereocenters. The Hall–Kier alpha value is -3.13. The molecular weight excluding hydrogens is 362 g/mol. The van der Waals surface area contributed by atoms with E-state index in [-0.39, 0.29) is 11.5 Å². The van der Waals surface area contributed by atoms with Gasteiger partial charge in [0.2, 0.25) is 11.7 Å². The summed E-state index contributed by atoms with van der Waals surface area (Å²) in [6.07, 6.45) is 0. The molecule has 2 aromatic carbocycles. The van der Waals surface area contributed by atoms with Crippen molar-refractivity contribution in [1.82, 2.24) is 19.2 Å². The van der Waals surface area contributed by atoms with Crippen molar-refractivity contribution in [3.63, 3.8) is 0 Å². The molecule has 0 spiro atoms. The van der Waals surface area contributed by atoms with Gasteiger partial charge in [0.15, 0.2) is 5.16 Å². The van der Waals surface area contributed by atoms with Gasteiger partial charge in [-0.15, -0.1) is 10.2 Å². The number of nitrogens with zero attached hydrogens (tertiary/aromatic N) is 4. The second-order valence-corrected chi connectivity index (χ2v) is 7.42. The third kappa shape index (κ3) is 3.08. The molecule has 1 atom stereocenters. The molecule has 0 aliphatic heterocycles. The lowest BCUT2D eigenvalue weighted by atomic mass is 10.2. The fraction of sp³-hybridized carbons (Fsp3) is 0.158. The Morgan fingerprint density at radius 2 is 1.78 bits per heavy atom. The highest BCUT2D eigenvalue weighted by Crippen LogP contribution is 2.25. The van der Waals surface area contributed by atoms with Gasteiger partial charge < -0.3 is 5.32 Å². The third-order valence-corrected chi connectivity index (χ3v) is 5.33. The highest BCUT2D eigenvalue weighted by Gasteiger charge is 2.20. The van der Waals surface area contributed by atoms with Crippen LogP contribution < -0.4 is 10.9 Å². The molecule has 0 bridgehead atoms.